The molecule has 0 aliphatic heterocycles. The number of primary amides is 1. The lowest BCUT2D eigenvalue weighted by Gasteiger charge is -2.41. The Kier molecular flexibility index (Phi) is 8.56. The summed E-state index contributed by atoms with van der Waals surface area (Å²) in [4.78, 5) is 26.9. The van der Waals surface area contributed by atoms with Crippen molar-refractivity contribution in [3.63, 3.8) is 0 Å². The number of rotatable bonds is 7. The Balaban J connectivity index is 1.77. The fraction of sp³-hybridized carbons (Fsp3) is 0.680. The summed E-state index contributed by atoms with van der Waals surface area (Å²) in [7, 11) is 0. The summed E-state index contributed by atoms with van der Waals surface area (Å²) >= 11 is 7.78. The van der Waals surface area contributed by atoms with E-state index in [1.54, 1.807) is 0 Å². The Bertz CT molecular complexity index is 814. The molecule has 3 rings (SSSR count). The number of amides is 2. The quantitative estimate of drug-likeness (QED) is 0.453. The SMILES string of the molecule is CCC1CC(C)(C(N)=O)CCCC(C)C1NC(=O)C1(NSc2ccccc2Cl)CCCC1. The van der Waals surface area contributed by atoms with Gasteiger partial charge in [-0.2, -0.15) is 0 Å². The number of halogens is 1. The number of nitrogens with one attached hydrogen (secondary N) is 2. The van der Waals surface area contributed by atoms with Crippen molar-refractivity contribution >= 4 is 35.4 Å². The third-order valence-electron chi connectivity index (χ3n) is 7.72. The molecule has 0 heterocycles. The fourth-order valence-electron chi connectivity index (χ4n) is 5.47. The van der Waals surface area contributed by atoms with Crippen LogP contribution in [0.4, 0.5) is 0 Å². The zero-order valence-electron chi connectivity index (χ0n) is 19.6. The van der Waals surface area contributed by atoms with Gasteiger partial charge in [0.25, 0.3) is 0 Å². The number of hydrogen-bond acceptors (Lipinski definition) is 4. The molecule has 4 atom stereocenters. The standard InChI is InChI=1S/C25H38ClN3O2S/c1-4-18-16-24(3,22(27)30)13-9-10-17(2)21(18)28-23(31)25(14-7-8-15-25)29-32-20-12-6-5-11-19(20)26/h5-6,11-12,17-18,21,29H,4,7-10,13-16H2,1-3H3,(H2,27,30)(H,28,31). The van der Waals surface area contributed by atoms with Crippen molar-refractivity contribution in [1.82, 2.24) is 10.0 Å². The van der Waals surface area contributed by atoms with E-state index in [1.807, 2.05) is 31.2 Å². The Morgan fingerprint density at radius 2 is 1.88 bits per heavy atom. The molecule has 178 valence electrons. The number of nitrogens with two attached hydrogens (primary N) is 1. The summed E-state index contributed by atoms with van der Waals surface area (Å²) in [6.07, 6.45) is 8.08. The first kappa shape index (κ1) is 25.4. The highest BCUT2D eigenvalue weighted by atomic mass is 35.5. The van der Waals surface area contributed by atoms with E-state index in [0.717, 1.165) is 62.7 Å². The first-order valence-electron chi connectivity index (χ1n) is 12.0. The molecule has 32 heavy (non-hydrogen) atoms. The van der Waals surface area contributed by atoms with Crippen LogP contribution in [0.2, 0.25) is 5.02 Å². The molecule has 0 saturated heterocycles. The van der Waals surface area contributed by atoms with Gasteiger partial charge >= 0.3 is 0 Å². The summed E-state index contributed by atoms with van der Waals surface area (Å²) in [5, 5.41) is 4.13. The van der Waals surface area contributed by atoms with Crippen LogP contribution in [0.1, 0.15) is 78.6 Å². The van der Waals surface area contributed by atoms with Crippen LogP contribution in [0.15, 0.2) is 29.2 Å². The van der Waals surface area contributed by atoms with E-state index in [2.05, 4.69) is 23.9 Å². The second-order valence-electron chi connectivity index (χ2n) is 10.1. The Labute approximate surface area is 202 Å². The van der Waals surface area contributed by atoms with Crippen molar-refractivity contribution in [2.75, 3.05) is 0 Å². The van der Waals surface area contributed by atoms with Gasteiger partial charge in [0.15, 0.2) is 0 Å². The van der Waals surface area contributed by atoms with Crippen LogP contribution in [0.25, 0.3) is 0 Å². The molecule has 7 heteroatoms. The Morgan fingerprint density at radius 1 is 1.19 bits per heavy atom. The van der Waals surface area contributed by atoms with Crippen molar-refractivity contribution in [2.45, 2.75) is 95.0 Å². The molecule has 0 spiro atoms. The molecule has 5 nitrogen and oxygen atoms in total. The maximum Gasteiger partial charge on any atom is 0.241 e. The van der Waals surface area contributed by atoms with Gasteiger partial charge in [-0.1, -0.05) is 70.2 Å². The predicted molar refractivity (Wildman–Crippen MR) is 132 cm³/mol. The zero-order chi connectivity index (χ0) is 23.4. The highest BCUT2D eigenvalue weighted by Gasteiger charge is 2.45. The molecule has 0 aromatic heterocycles. The average Bonchev–Trinajstić information content (AvgIpc) is 3.24. The summed E-state index contributed by atoms with van der Waals surface area (Å²) in [5.41, 5.74) is 4.69. The molecule has 1 aromatic carbocycles. The molecule has 2 saturated carbocycles. The lowest BCUT2D eigenvalue weighted by molar-refractivity contribution is -0.130. The van der Waals surface area contributed by atoms with Gasteiger partial charge in [0, 0.05) is 16.4 Å². The van der Waals surface area contributed by atoms with E-state index in [0.29, 0.717) is 10.9 Å². The minimum absolute atomic E-state index is 0.0380. The fourth-order valence-corrected chi connectivity index (χ4v) is 6.64. The topological polar surface area (TPSA) is 84.2 Å². The van der Waals surface area contributed by atoms with E-state index < -0.39 is 11.0 Å². The molecule has 0 bridgehead atoms. The zero-order valence-corrected chi connectivity index (χ0v) is 21.2. The molecular weight excluding hydrogens is 442 g/mol. The smallest absolute Gasteiger partial charge is 0.241 e. The largest absolute Gasteiger partial charge is 0.369 e. The minimum atomic E-state index is -0.600. The molecule has 0 radical (unpaired) electrons. The van der Waals surface area contributed by atoms with Gasteiger partial charge in [-0.05, 0) is 68.0 Å². The van der Waals surface area contributed by atoms with Crippen molar-refractivity contribution < 1.29 is 9.59 Å². The summed E-state index contributed by atoms with van der Waals surface area (Å²) < 4.78 is 3.50. The number of carbonyl (C=O) groups is 2. The first-order valence-corrected chi connectivity index (χ1v) is 13.2. The molecule has 2 aliphatic rings. The molecular formula is C25H38ClN3O2S. The number of hydrogen-bond donors (Lipinski definition) is 3. The van der Waals surface area contributed by atoms with E-state index in [9.17, 15) is 9.59 Å². The highest BCUT2D eigenvalue weighted by Crippen LogP contribution is 2.41. The van der Waals surface area contributed by atoms with Gasteiger partial charge < -0.3 is 11.1 Å². The van der Waals surface area contributed by atoms with Crippen LogP contribution >= 0.6 is 23.5 Å². The second kappa shape index (κ2) is 10.8. The van der Waals surface area contributed by atoms with Gasteiger partial charge in [0.2, 0.25) is 11.8 Å². The predicted octanol–water partition coefficient (Wildman–Crippen LogP) is 5.46. The van der Waals surface area contributed by atoms with Crippen LogP contribution in [0.3, 0.4) is 0 Å². The third-order valence-corrected chi connectivity index (χ3v) is 9.23. The van der Waals surface area contributed by atoms with Gasteiger partial charge in [-0.3, -0.25) is 9.59 Å². The molecule has 4 unspecified atom stereocenters. The van der Waals surface area contributed by atoms with E-state index in [1.165, 1.54) is 11.9 Å². The number of carbonyl (C=O) groups excluding carboxylic acids is 2. The van der Waals surface area contributed by atoms with Crippen LogP contribution in [0.5, 0.6) is 0 Å². The van der Waals surface area contributed by atoms with Gasteiger partial charge in [0.1, 0.15) is 5.54 Å². The molecule has 2 amide bonds. The summed E-state index contributed by atoms with van der Waals surface area (Å²) in [6, 6.07) is 7.73. The molecule has 2 fully saturated rings. The Hall–Kier alpha value is -1.24. The molecule has 2 aliphatic carbocycles. The maximum atomic E-state index is 13.7. The van der Waals surface area contributed by atoms with Crippen molar-refractivity contribution in [2.24, 2.45) is 23.0 Å². The van der Waals surface area contributed by atoms with Crippen LogP contribution in [-0.2, 0) is 9.59 Å². The first-order chi connectivity index (χ1) is 15.2. The summed E-state index contributed by atoms with van der Waals surface area (Å²) in [6.45, 7) is 6.37. The highest BCUT2D eigenvalue weighted by molar-refractivity contribution is 7.97. The maximum absolute atomic E-state index is 13.7. The monoisotopic (exact) mass is 479 g/mol. The van der Waals surface area contributed by atoms with E-state index in [-0.39, 0.29) is 23.8 Å². The second-order valence-corrected chi connectivity index (χ2v) is 11.3. The van der Waals surface area contributed by atoms with E-state index in [4.69, 9.17) is 17.3 Å². The Morgan fingerprint density at radius 3 is 2.50 bits per heavy atom. The lowest BCUT2D eigenvalue weighted by atomic mass is 9.68. The average molecular weight is 480 g/mol. The minimum Gasteiger partial charge on any atom is -0.369 e. The van der Waals surface area contributed by atoms with Crippen molar-refractivity contribution in [3.05, 3.63) is 29.3 Å². The molecule has 4 N–H and O–H groups in total. The summed E-state index contributed by atoms with van der Waals surface area (Å²) in [5.74, 6) is 0.435. The van der Waals surface area contributed by atoms with Gasteiger partial charge in [-0.15, -0.1) is 0 Å². The normalized spacial score (nSPS) is 30.3. The van der Waals surface area contributed by atoms with Gasteiger partial charge in [0.05, 0.1) is 5.02 Å². The van der Waals surface area contributed by atoms with Crippen LogP contribution in [0, 0.1) is 17.3 Å². The third kappa shape index (κ3) is 5.63. The molecule has 1 aromatic rings. The van der Waals surface area contributed by atoms with Gasteiger partial charge in [-0.25, -0.2) is 4.72 Å². The van der Waals surface area contributed by atoms with Crippen molar-refractivity contribution in [1.29, 1.82) is 0 Å². The lowest BCUT2D eigenvalue weighted by Crippen LogP contribution is -2.58. The van der Waals surface area contributed by atoms with Crippen LogP contribution < -0.4 is 15.8 Å². The van der Waals surface area contributed by atoms with E-state index >= 15 is 0 Å². The number of benzene rings is 1. The van der Waals surface area contributed by atoms with Crippen LogP contribution in [-0.4, -0.2) is 23.4 Å². The van der Waals surface area contributed by atoms with Crippen molar-refractivity contribution in [3.8, 4) is 0 Å².